The van der Waals surface area contributed by atoms with Gasteiger partial charge in [-0.2, -0.15) is 0 Å². The van der Waals surface area contributed by atoms with E-state index < -0.39 is 0 Å². The summed E-state index contributed by atoms with van der Waals surface area (Å²) in [6.45, 7) is 3.76. The minimum Gasteiger partial charge on any atom is -0.355 e. The van der Waals surface area contributed by atoms with Gasteiger partial charge in [0.15, 0.2) is 0 Å². The monoisotopic (exact) mass is 355 g/mol. The average molecular weight is 356 g/mol. The number of piperidine rings is 1. The van der Waals surface area contributed by atoms with Crippen molar-refractivity contribution in [3.63, 3.8) is 0 Å². The molecule has 1 atom stereocenters. The number of carbonyl (C=O) groups excluding carboxylic acids is 2. The summed E-state index contributed by atoms with van der Waals surface area (Å²) in [5, 5.41) is 6.73. The van der Waals surface area contributed by atoms with Crippen LogP contribution in [0, 0.1) is 12.3 Å². The Balaban J connectivity index is 1.71. The van der Waals surface area contributed by atoms with Crippen LogP contribution >= 0.6 is 23.2 Å². The zero-order chi connectivity index (χ0) is 16.6. The van der Waals surface area contributed by atoms with Crippen molar-refractivity contribution in [3.8, 4) is 0 Å². The van der Waals surface area contributed by atoms with E-state index in [2.05, 4.69) is 10.6 Å². The maximum Gasteiger partial charge on any atom is 0.321 e. The predicted octanol–water partition coefficient (Wildman–Crippen LogP) is 3.44. The fraction of sp³-hybridized carbons (Fsp3) is 0.500. The highest BCUT2D eigenvalue weighted by Crippen LogP contribution is 2.36. The average Bonchev–Trinajstić information content (AvgIpc) is 2.85. The number of amides is 3. The molecule has 0 saturated carbocycles. The summed E-state index contributed by atoms with van der Waals surface area (Å²) in [7, 11) is 0. The van der Waals surface area contributed by atoms with Crippen LogP contribution in [0.25, 0.3) is 0 Å². The highest BCUT2D eigenvalue weighted by molar-refractivity contribution is 6.36. The molecule has 2 fully saturated rings. The van der Waals surface area contributed by atoms with Crippen LogP contribution in [-0.2, 0) is 4.79 Å². The number of likely N-dealkylation sites (tertiary alicyclic amines) is 1. The Hall–Kier alpha value is -1.46. The van der Waals surface area contributed by atoms with Gasteiger partial charge in [0.1, 0.15) is 0 Å². The zero-order valence-electron chi connectivity index (χ0n) is 12.9. The Morgan fingerprint density at radius 3 is 2.83 bits per heavy atom. The molecule has 5 nitrogen and oxygen atoms in total. The lowest BCUT2D eigenvalue weighted by Crippen LogP contribution is -2.48. The molecule has 1 aromatic rings. The summed E-state index contributed by atoms with van der Waals surface area (Å²) in [6, 6.07) is 3.19. The Bertz CT molecular complexity index is 665. The van der Waals surface area contributed by atoms with Crippen LogP contribution in [0.4, 0.5) is 10.5 Å². The molecule has 0 bridgehead atoms. The lowest BCUT2D eigenvalue weighted by atomic mass is 9.79. The minimum atomic E-state index is -0.203. The Labute approximate surface area is 145 Å². The van der Waals surface area contributed by atoms with Crippen molar-refractivity contribution in [2.24, 2.45) is 5.41 Å². The Morgan fingerprint density at radius 1 is 1.35 bits per heavy atom. The normalized spacial score (nSPS) is 24.0. The highest BCUT2D eigenvalue weighted by atomic mass is 35.5. The first-order valence-electron chi connectivity index (χ1n) is 7.67. The molecule has 2 aliphatic rings. The van der Waals surface area contributed by atoms with Crippen LogP contribution in [0.15, 0.2) is 12.1 Å². The van der Waals surface area contributed by atoms with Crippen molar-refractivity contribution in [2.45, 2.75) is 26.2 Å². The molecule has 2 aliphatic heterocycles. The molecule has 0 aromatic heterocycles. The van der Waals surface area contributed by atoms with Crippen molar-refractivity contribution in [1.82, 2.24) is 10.2 Å². The molecule has 3 rings (SSSR count). The first kappa shape index (κ1) is 16.4. The van der Waals surface area contributed by atoms with Crippen LogP contribution in [0.1, 0.15) is 24.8 Å². The molecule has 0 radical (unpaired) electrons. The number of hydrogen-bond acceptors (Lipinski definition) is 2. The number of carbonyl (C=O) groups is 2. The van der Waals surface area contributed by atoms with Crippen molar-refractivity contribution >= 4 is 40.8 Å². The smallest absolute Gasteiger partial charge is 0.321 e. The molecule has 1 spiro atoms. The van der Waals surface area contributed by atoms with Crippen LogP contribution in [0.3, 0.4) is 0 Å². The summed E-state index contributed by atoms with van der Waals surface area (Å²) in [6.07, 6.45) is 2.35. The van der Waals surface area contributed by atoms with E-state index in [-0.39, 0.29) is 17.4 Å². The molecule has 0 aliphatic carbocycles. The second kappa shape index (κ2) is 6.21. The third-order valence-electron chi connectivity index (χ3n) is 4.63. The van der Waals surface area contributed by atoms with E-state index >= 15 is 0 Å². The molecule has 124 valence electrons. The summed E-state index contributed by atoms with van der Waals surface area (Å²) in [4.78, 5) is 25.8. The van der Waals surface area contributed by atoms with Gasteiger partial charge in [-0.1, -0.05) is 23.2 Å². The number of aryl methyl sites for hydroxylation is 1. The predicted molar refractivity (Wildman–Crippen MR) is 91.1 cm³/mol. The van der Waals surface area contributed by atoms with Crippen molar-refractivity contribution < 1.29 is 9.59 Å². The second-order valence-electron chi connectivity index (χ2n) is 6.49. The number of anilines is 1. The second-order valence-corrected chi connectivity index (χ2v) is 7.30. The van der Waals surface area contributed by atoms with E-state index in [1.54, 1.807) is 17.0 Å². The van der Waals surface area contributed by atoms with Crippen LogP contribution in [-0.4, -0.2) is 36.5 Å². The number of nitrogens with zero attached hydrogens (tertiary/aromatic N) is 1. The van der Waals surface area contributed by atoms with E-state index in [0.29, 0.717) is 41.8 Å². The molecule has 2 heterocycles. The van der Waals surface area contributed by atoms with Gasteiger partial charge in [0, 0.05) is 36.5 Å². The van der Waals surface area contributed by atoms with Crippen molar-refractivity contribution in [3.05, 3.63) is 27.7 Å². The number of urea groups is 1. The van der Waals surface area contributed by atoms with Crippen molar-refractivity contribution in [2.75, 3.05) is 25.0 Å². The molecule has 23 heavy (non-hydrogen) atoms. The van der Waals surface area contributed by atoms with E-state index in [1.807, 2.05) is 6.92 Å². The van der Waals surface area contributed by atoms with Gasteiger partial charge in [0.25, 0.3) is 0 Å². The molecule has 1 aromatic carbocycles. The van der Waals surface area contributed by atoms with Gasteiger partial charge in [-0.15, -0.1) is 0 Å². The summed E-state index contributed by atoms with van der Waals surface area (Å²) in [5.74, 6) is 0.0700. The fourth-order valence-corrected chi connectivity index (χ4v) is 3.79. The van der Waals surface area contributed by atoms with E-state index in [1.165, 1.54) is 0 Å². The van der Waals surface area contributed by atoms with Gasteiger partial charge in [-0.25, -0.2) is 4.79 Å². The van der Waals surface area contributed by atoms with Gasteiger partial charge >= 0.3 is 6.03 Å². The minimum absolute atomic E-state index is 0.0700. The maximum absolute atomic E-state index is 12.5. The quantitative estimate of drug-likeness (QED) is 0.810. The molecule has 7 heteroatoms. The third kappa shape index (κ3) is 3.40. The molecule has 1 unspecified atom stereocenters. The number of hydrogen-bond donors (Lipinski definition) is 2. The maximum atomic E-state index is 12.5. The first-order valence-corrected chi connectivity index (χ1v) is 8.42. The van der Waals surface area contributed by atoms with E-state index in [0.717, 1.165) is 18.4 Å². The van der Waals surface area contributed by atoms with Crippen LogP contribution in [0.2, 0.25) is 10.0 Å². The summed E-state index contributed by atoms with van der Waals surface area (Å²) < 4.78 is 0. The summed E-state index contributed by atoms with van der Waals surface area (Å²) in [5.41, 5.74) is 1.25. The van der Waals surface area contributed by atoms with Crippen molar-refractivity contribution in [1.29, 1.82) is 0 Å². The molecular formula is C16H19Cl2N3O2. The highest BCUT2D eigenvalue weighted by Gasteiger charge is 2.42. The number of benzene rings is 1. The number of rotatable bonds is 1. The summed E-state index contributed by atoms with van der Waals surface area (Å²) >= 11 is 12.3. The van der Waals surface area contributed by atoms with Crippen LogP contribution in [0.5, 0.6) is 0 Å². The SMILES string of the molecule is Cc1cc(Cl)c(NC(=O)N2CCCC3(CNC(=O)C3)C2)cc1Cl. The number of halogens is 2. The van der Waals surface area contributed by atoms with Gasteiger partial charge < -0.3 is 15.5 Å². The molecular weight excluding hydrogens is 337 g/mol. The van der Waals surface area contributed by atoms with Gasteiger partial charge in [-0.3, -0.25) is 4.79 Å². The van der Waals surface area contributed by atoms with Gasteiger partial charge in [0.05, 0.1) is 10.7 Å². The third-order valence-corrected chi connectivity index (χ3v) is 5.35. The number of nitrogens with one attached hydrogen (secondary N) is 2. The standard InChI is InChI=1S/C16H19Cl2N3O2/c1-10-5-12(18)13(6-11(10)17)20-15(23)21-4-2-3-16(9-21)7-14(22)19-8-16/h5-6H,2-4,7-9H2,1H3,(H,19,22)(H,20,23). The largest absolute Gasteiger partial charge is 0.355 e. The van der Waals surface area contributed by atoms with E-state index in [9.17, 15) is 9.59 Å². The fourth-order valence-electron chi connectivity index (χ4n) is 3.36. The molecule has 3 amide bonds. The molecule has 2 saturated heterocycles. The van der Waals surface area contributed by atoms with Gasteiger partial charge in [-0.05, 0) is 37.5 Å². The lowest BCUT2D eigenvalue weighted by Gasteiger charge is -2.39. The topological polar surface area (TPSA) is 61.4 Å². The van der Waals surface area contributed by atoms with E-state index in [4.69, 9.17) is 23.2 Å². The lowest BCUT2D eigenvalue weighted by molar-refractivity contribution is -0.119. The zero-order valence-corrected chi connectivity index (χ0v) is 14.4. The molecule has 2 N–H and O–H groups in total. The Kier molecular flexibility index (Phi) is 4.43. The first-order chi connectivity index (χ1) is 10.9. The Morgan fingerprint density at radius 2 is 2.13 bits per heavy atom. The van der Waals surface area contributed by atoms with Crippen LogP contribution < -0.4 is 10.6 Å². The van der Waals surface area contributed by atoms with Gasteiger partial charge in [0.2, 0.25) is 5.91 Å².